The lowest BCUT2D eigenvalue weighted by Gasteiger charge is -2.34. The summed E-state index contributed by atoms with van der Waals surface area (Å²) in [4.78, 5) is 0. The zero-order valence-electron chi connectivity index (χ0n) is 12.7. The molecule has 0 saturated heterocycles. The van der Waals surface area contributed by atoms with Crippen LogP contribution in [0.15, 0.2) is 48.6 Å². The molecule has 0 aliphatic heterocycles. The third-order valence-corrected chi connectivity index (χ3v) is 4.97. The van der Waals surface area contributed by atoms with Crippen LogP contribution in [0.4, 0.5) is 0 Å². The Bertz CT molecular complexity index is 592. The molecule has 0 radical (unpaired) electrons. The fraction of sp³-hybridized carbons (Fsp3) is 0.368. The molecule has 1 aliphatic carbocycles. The van der Waals surface area contributed by atoms with Gasteiger partial charge in [0.1, 0.15) is 0 Å². The van der Waals surface area contributed by atoms with E-state index < -0.39 is 0 Å². The van der Waals surface area contributed by atoms with Gasteiger partial charge in [-0.1, -0.05) is 55.3 Å². The normalized spacial score (nSPS) is 21.0. The second-order valence-corrected chi connectivity index (χ2v) is 5.94. The lowest BCUT2D eigenvalue weighted by molar-refractivity contribution is 0.569. The molecule has 0 N–H and O–H groups in total. The lowest BCUT2D eigenvalue weighted by atomic mass is 9.69. The molecule has 0 fully saturated rings. The highest BCUT2D eigenvalue weighted by Crippen LogP contribution is 2.54. The van der Waals surface area contributed by atoms with E-state index in [0.717, 1.165) is 24.3 Å². The highest BCUT2D eigenvalue weighted by Gasteiger charge is 2.42. The van der Waals surface area contributed by atoms with E-state index in [4.69, 9.17) is 11.6 Å². The van der Waals surface area contributed by atoms with Crippen LogP contribution in [0.3, 0.4) is 0 Å². The fourth-order valence-electron chi connectivity index (χ4n) is 3.76. The summed E-state index contributed by atoms with van der Waals surface area (Å²) in [6.07, 6.45) is 4.85. The van der Waals surface area contributed by atoms with Crippen molar-refractivity contribution in [3.8, 4) is 0 Å². The van der Waals surface area contributed by atoms with Crippen molar-refractivity contribution in [1.82, 2.24) is 0 Å². The van der Waals surface area contributed by atoms with Crippen LogP contribution in [0, 0.1) is 0 Å². The average molecular weight is 287 g/mol. The first kappa shape index (κ1) is 15.1. The van der Waals surface area contributed by atoms with Gasteiger partial charge in [0.05, 0.1) is 0 Å². The van der Waals surface area contributed by atoms with Crippen molar-refractivity contribution in [3.63, 3.8) is 0 Å². The minimum atomic E-state index is -0.0697. The quantitative estimate of drug-likeness (QED) is 0.556. The zero-order valence-corrected chi connectivity index (χ0v) is 13.5. The van der Waals surface area contributed by atoms with Crippen molar-refractivity contribution in [2.45, 2.75) is 45.4 Å². The summed E-state index contributed by atoms with van der Waals surface area (Å²) in [6, 6.07) is 6.28. The molecule has 1 atom stereocenters. The predicted molar refractivity (Wildman–Crippen MR) is 90.3 cm³/mol. The van der Waals surface area contributed by atoms with Crippen LogP contribution >= 0.6 is 11.6 Å². The van der Waals surface area contributed by atoms with Crippen LogP contribution in [0.5, 0.6) is 0 Å². The Morgan fingerprint density at radius 3 is 2.60 bits per heavy atom. The molecular weight excluding hydrogens is 264 g/mol. The molecule has 1 aromatic carbocycles. The Hall–Kier alpha value is -1.27. The molecule has 0 aromatic heterocycles. The van der Waals surface area contributed by atoms with Crippen molar-refractivity contribution in [2.75, 3.05) is 0 Å². The Labute approximate surface area is 127 Å². The molecule has 0 heterocycles. The number of fused-ring (bicyclic) bond motifs is 1. The first-order valence-corrected chi connectivity index (χ1v) is 7.70. The van der Waals surface area contributed by atoms with Gasteiger partial charge in [0, 0.05) is 10.4 Å². The summed E-state index contributed by atoms with van der Waals surface area (Å²) >= 11 is 6.26. The summed E-state index contributed by atoms with van der Waals surface area (Å²) in [5, 5.41) is 0.804. The van der Waals surface area contributed by atoms with Gasteiger partial charge in [0.2, 0.25) is 0 Å². The Morgan fingerprint density at radius 1 is 1.35 bits per heavy atom. The zero-order chi connectivity index (χ0) is 14.9. The molecule has 0 bridgehead atoms. The van der Waals surface area contributed by atoms with Crippen molar-refractivity contribution in [1.29, 1.82) is 0 Å². The minimum absolute atomic E-state index is 0.0697. The number of hydrogen-bond donors (Lipinski definition) is 0. The van der Waals surface area contributed by atoms with Gasteiger partial charge in [0.25, 0.3) is 0 Å². The third-order valence-electron chi connectivity index (χ3n) is 4.74. The van der Waals surface area contributed by atoms with Crippen molar-refractivity contribution in [3.05, 3.63) is 64.7 Å². The molecular formula is C19H23Cl. The predicted octanol–water partition coefficient (Wildman–Crippen LogP) is 6.32. The smallest absolute Gasteiger partial charge is 0.0409 e. The summed E-state index contributed by atoms with van der Waals surface area (Å²) in [7, 11) is 0. The highest BCUT2D eigenvalue weighted by molar-refractivity contribution is 6.30. The standard InChI is InChI=1S/C19H23Cl/c1-6-9-13(4)19(8-3)14(5)16(7-2)17-11-10-15(20)12-18(17)19/h6,10-12H,1,4,7-9H2,2-3,5H3. The molecule has 0 nitrogen and oxygen atoms in total. The Kier molecular flexibility index (Phi) is 4.25. The van der Waals surface area contributed by atoms with E-state index in [1.807, 2.05) is 12.1 Å². The van der Waals surface area contributed by atoms with Crippen molar-refractivity contribution < 1.29 is 0 Å². The molecule has 106 valence electrons. The Balaban J connectivity index is 2.75. The maximum absolute atomic E-state index is 6.26. The van der Waals surface area contributed by atoms with Crippen molar-refractivity contribution in [2.24, 2.45) is 0 Å². The molecule has 0 amide bonds. The summed E-state index contributed by atoms with van der Waals surface area (Å²) < 4.78 is 0. The molecule has 0 saturated carbocycles. The third kappa shape index (κ3) is 1.98. The lowest BCUT2D eigenvalue weighted by Crippen LogP contribution is -2.27. The maximum Gasteiger partial charge on any atom is 0.0409 e. The van der Waals surface area contributed by atoms with E-state index in [-0.39, 0.29) is 5.41 Å². The number of benzene rings is 1. The van der Waals surface area contributed by atoms with Crippen LogP contribution in [-0.2, 0) is 5.41 Å². The fourth-order valence-corrected chi connectivity index (χ4v) is 3.93. The van der Waals surface area contributed by atoms with Crippen LogP contribution in [-0.4, -0.2) is 0 Å². The molecule has 0 spiro atoms. The number of rotatable bonds is 5. The van der Waals surface area contributed by atoms with Crippen LogP contribution in [0.2, 0.25) is 5.02 Å². The maximum atomic E-state index is 6.26. The second-order valence-electron chi connectivity index (χ2n) is 5.50. The highest BCUT2D eigenvalue weighted by atomic mass is 35.5. The van der Waals surface area contributed by atoms with Gasteiger partial charge in [-0.2, -0.15) is 0 Å². The van der Waals surface area contributed by atoms with Gasteiger partial charge < -0.3 is 0 Å². The Morgan fingerprint density at radius 2 is 2.05 bits per heavy atom. The minimum Gasteiger partial charge on any atom is -0.103 e. The molecule has 1 heteroatoms. The molecule has 1 aromatic rings. The number of halogens is 1. The second kappa shape index (κ2) is 5.61. The van der Waals surface area contributed by atoms with E-state index in [9.17, 15) is 0 Å². The van der Waals surface area contributed by atoms with E-state index in [0.29, 0.717) is 0 Å². The molecule has 1 aliphatic rings. The SMILES string of the molecule is C=CCC(=C)C1(CC)C(C)=C(CC)c2ccc(Cl)cc21. The first-order valence-electron chi connectivity index (χ1n) is 7.32. The van der Waals surface area contributed by atoms with Gasteiger partial charge in [-0.3, -0.25) is 0 Å². The van der Waals surface area contributed by atoms with Gasteiger partial charge >= 0.3 is 0 Å². The van der Waals surface area contributed by atoms with Gasteiger partial charge in [-0.05, 0) is 55.0 Å². The van der Waals surface area contributed by atoms with Crippen LogP contribution in [0.25, 0.3) is 5.57 Å². The van der Waals surface area contributed by atoms with Crippen molar-refractivity contribution >= 4 is 17.2 Å². The molecule has 1 unspecified atom stereocenters. The molecule has 2 rings (SSSR count). The summed E-state index contributed by atoms with van der Waals surface area (Å²) in [6.45, 7) is 15.0. The summed E-state index contributed by atoms with van der Waals surface area (Å²) in [5.74, 6) is 0. The number of hydrogen-bond acceptors (Lipinski definition) is 0. The van der Waals surface area contributed by atoms with E-state index in [1.54, 1.807) is 0 Å². The van der Waals surface area contributed by atoms with E-state index in [1.165, 1.54) is 27.8 Å². The van der Waals surface area contributed by atoms with E-state index >= 15 is 0 Å². The van der Waals surface area contributed by atoms with E-state index in [2.05, 4.69) is 46.1 Å². The number of allylic oxidation sites excluding steroid dienone is 4. The van der Waals surface area contributed by atoms with Gasteiger partial charge in [-0.15, -0.1) is 6.58 Å². The monoisotopic (exact) mass is 286 g/mol. The molecule has 20 heavy (non-hydrogen) atoms. The first-order chi connectivity index (χ1) is 9.52. The van der Waals surface area contributed by atoms with Crippen LogP contribution in [0.1, 0.15) is 51.2 Å². The topological polar surface area (TPSA) is 0 Å². The largest absolute Gasteiger partial charge is 0.103 e. The van der Waals surface area contributed by atoms with Gasteiger partial charge in [0.15, 0.2) is 0 Å². The summed E-state index contributed by atoms with van der Waals surface area (Å²) in [5.41, 5.74) is 6.71. The van der Waals surface area contributed by atoms with Crippen LogP contribution < -0.4 is 0 Å². The average Bonchev–Trinajstić information content (AvgIpc) is 2.67. The van der Waals surface area contributed by atoms with Gasteiger partial charge in [-0.25, -0.2) is 0 Å².